The minimum atomic E-state index is -0.0262. The molecule has 0 saturated heterocycles. The van der Waals surface area contributed by atoms with E-state index in [4.69, 9.17) is 0 Å². The predicted octanol–water partition coefficient (Wildman–Crippen LogP) is 3.81. The molecule has 0 heterocycles. The van der Waals surface area contributed by atoms with Crippen LogP contribution in [-0.2, 0) is 38.1 Å². The van der Waals surface area contributed by atoms with Crippen LogP contribution >= 0.6 is 0 Å². The molecule has 0 bridgehead atoms. The van der Waals surface area contributed by atoms with Gasteiger partial charge in [-0.05, 0) is 5.41 Å². The SMILES string of the molecule is CC(C)(C)c1cc[c-]c(C(=O)c2[c-]cccc2)c1.[Y]. The van der Waals surface area contributed by atoms with Crippen molar-refractivity contribution >= 4 is 5.78 Å². The molecule has 19 heavy (non-hydrogen) atoms. The van der Waals surface area contributed by atoms with E-state index in [-0.39, 0.29) is 43.9 Å². The van der Waals surface area contributed by atoms with E-state index in [1.54, 1.807) is 12.1 Å². The van der Waals surface area contributed by atoms with Crippen LogP contribution in [0.2, 0.25) is 0 Å². The zero-order chi connectivity index (χ0) is 13.2. The summed E-state index contributed by atoms with van der Waals surface area (Å²) in [5.41, 5.74) is 2.36. The van der Waals surface area contributed by atoms with Crippen molar-refractivity contribution in [3.8, 4) is 0 Å². The third-order valence-electron chi connectivity index (χ3n) is 2.87. The molecule has 0 aliphatic rings. The maximum Gasteiger partial charge on any atom is 0.0895 e. The summed E-state index contributed by atoms with van der Waals surface area (Å²) in [5.74, 6) is -0.0262. The summed E-state index contributed by atoms with van der Waals surface area (Å²) in [7, 11) is 0. The van der Waals surface area contributed by atoms with Gasteiger partial charge < -0.3 is 4.79 Å². The second-order valence-electron chi connectivity index (χ2n) is 5.35. The van der Waals surface area contributed by atoms with Gasteiger partial charge in [0.15, 0.2) is 0 Å². The van der Waals surface area contributed by atoms with Crippen molar-refractivity contribution in [2.75, 3.05) is 0 Å². The van der Waals surface area contributed by atoms with Gasteiger partial charge in [-0.2, -0.15) is 0 Å². The van der Waals surface area contributed by atoms with E-state index in [2.05, 4.69) is 32.9 Å². The fourth-order valence-electron chi connectivity index (χ4n) is 1.74. The predicted molar refractivity (Wildman–Crippen MR) is 72.7 cm³/mol. The number of hydrogen-bond donors (Lipinski definition) is 0. The Kier molecular flexibility index (Phi) is 5.64. The van der Waals surface area contributed by atoms with Crippen molar-refractivity contribution < 1.29 is 37.5 Å². The number of benzene rings is 2. The number of hydrogen-bond acceptors (Lipinski definition) is 1. The zero-order valence-electron chi connectivity index (χ0n) is 11.5. The van der Waals surface area contributed by atoms with Crippen LogP contribution in [0.3, 0.4) is 0 Å². The molecule has 1 nitrogen and oxygen atoms in total. The zero-order valence-corrected chi connectivity index (χ0v) is 14.4. The molecule has 2 aromatic carbocycles. The van der Waals surface area contributed by atoms with Gasteiger partial charge >= 0.3 is 0 Å². The van der Waals surface area contributed by atoms with E-state index in [9.17, 15) is 4.79 Å². The van der Waals surface area contributed by atoms with E-state index < -0.39 is 0 Å². The minimum absolute atomic E-state index is 0. The Bertz CT molecular complexity index is 553. The van der Waals surface area contributed by atoms with Crippen molar-refractivity contribution in [3.05, 3.63) is 71.3 Å². The summed E-state index contributed by atoms with van der Waals surface area (Å²) < 4.78 is 0. The van der Waals surface area contributed by atoms with E-state index in [0.29, 0.717) is 11.1 Å². The Hall–Kier alpha value is -0.786. The molecule has 0 spiro atoms. The molecular weight excluding hydrogens is 309 g/mol. The van der Waals surface area contributed by atoms with Gasteiger partial charge in [0.2, 0.25) is 0 Å². The van der Waals surface area contributed by atoms with E-state index >= 15 is 0 Å². The summed E-state index contributed by atoms with van der Waals surface area (Å²) in [6.07, 6.45) is 0. The number of carbonyl (C=O) groups excluding carboxylic acids is 1. The van der Waals surface area contributed by atoms with Crippen molar-refractivity contribution in [3.63, 3.8) is 0 Å². The van der Waals surface area contributed by atoms with Crippen LogP contribution in [0, 0.1) is 12.1 Å². The van der Waals surface area contributed by atoms with E-state index in [0.717, 1.165) is 5.56 Å². The standard InChI is InChI=1S/C17H16O.Y/c1-17(2,3)15-11-7-10-14(12-15)16(18)13-8-5-4-6-9-13;/h4-8,11-12H,1-3H3;/q-2;. The summed E-state index contributed by atoms with van der Waals surface area (Å²) in [4.78, 5) is 12.3. The van der Waals surface area contributed by atoms with Crippen LogP contribution in [-0.4, -0.2) is 5.78 Å². The molecule has 0 amide bonds. The van der Waals surface area contributed by atoms with Crippen LogP contribution in [0.5, 0.6) is 0 Å². The monoisotopic (exact) mass is 325 g/mol. The van der Waals surface area contributed by atoms with Crippen molar-refractivity contribution in [2.45, 2.75) is 26.2 Å². The van der Waals surface area contributed by atoms with Crippen LogP contribution in [0.25, 0.3) is 0 Å². The fraction of sp³-hybridized carbons (Fsp3) is 0.235. The van der Waals surface area contributed by atoms with Crippen molar-refractivity contribution in [1.82, 2.24) is 0 Å². The third-order valence-corrected chi connectivity index (χ3v) is 2.87. The molecule has 0 unspecified atom stereocenters. The molecule has 95 valence electrons. The van der Waals surface area contributed by atoms with Crippen molar-refractivity contribution in [2.24, 2.45) is 0 Å². The second kappa shape index (κ2) is 6.59. The first kappa shape index (κ1) is 16.3. The van der Waals surface area contributed by atoms with E-state index in [1.807, 2.05) is 30.3 Å². The van der Waals surface area contributed by atoms with Crippen molar-refractivity contribution in [1.29, 1.82) is 0 Å². The second-order valence-corrected chi connectivity index (χ2v) is 5.35. The Balaban J connectivity index is 0.00000180. The normalized spacial score (nSPS) is 10.7. The van der Waals surface area contributed by atoms with Gasteiger partial charge in [-0.15, -0.1) is 71.3 Å². The smallest absolute Gasteiger partial charge is 0.0895 e. The van der Waals surface area contributed by atoms with Gasteiger partial charge in [0.05, 0.1) is 5.78 Å². The molecule has 0 aliphatic heterocycles. The quantitative estimate of drug-likeness (QED) is 0.606. The molecule has 0 N–H and O–H groups in total. The number of rotatable bonds is 2. The summed E-state index contributed by atoms with van der Waals surface area (Å²) >= 11 is 0. The topological polar surface area (TPSA) is 17.1 Å². The Morgan fingerprint density at radius 2 is 1.68 bits per heavy atom. The van der Waals surface area contributed by atoms with Gasteiger partial charge in [-0.1, -0.05) is 20.8 Å². The third kappa shape index (κ3) is 4.09. The molecule has 0 atom stereocenters. The molecular formula is C17H16OY-2. The summed E-state index contributed by atoms with van der Waals surface area (Å²) in [5, 5.41) is 0. The fourth-order valence-corrected chi connectivity index (χ4v) is 1.74. The Morgan fingerprint density at radius 1 is 1.00 bits per heavy atom. The first-order chi connectivity index (χ1) is 8.48. The van der Waals surface area contributed by atoms with Crippen LogP contribution < -0.4 is 0 Å². The minimum Gasteiger partial charge on any atom is -0.348 e. The average Bonchev–Trinajstić information content (AvgIpc) is 2.38. The first-order valence-electron chi connectivity index (χ1n) is 6.02. The Morgan fingerprint density at radius 3 is 2.26 bits per heavy atom. The van der Waals surface area contributed by atoms with Gasteiger partial charge in [-0.25, -0.2) is 0 Å². The number of carbonyl (C=O) groups is 1. The first-order valence-corrected chi connectivity index (χ1v) is 6.02. The number of ketones is 1. The van der Waals surface area contributed by atoms with Gasteiger partial charge in [0.1, 0.15) is 0 Å². The molecule has 0 fully saturated rings. The van der Waals surface area contributed by atoms with Gasteiger partial charge in [-0.3, -0.25) is 0 Å². The largest absolute Gasteiger partial charge is 0.348 e. The summed E-state index contributed by atoms with van der Waals surface area (Å²) in [6, 6.07) is 18.9. The molecule has 2 heteroatoms. The molecule has 2 aromatic rings. The molecule has 0 aromatic heterocycles. The molecule has 0 aliphatic carbocycles. The Labute approximate surface area is 140 Å². The van der Waals surface area contributed by atoms with Crippen LogP contribution in [0.4, 0.5) is 0 Å². The molecule has 2 rings (SSSR count). The van der Waals surface area contributed by atoms with Crippen LogP contribution in [0.1, 0.15) is 42.3 Å². The maximum atomic E-state index is 12.3. The molecule has 0 saturated carbocycles. The van der Waals surface area contributed by atoms with E-state index in [1.165, 1.54) is 0 Å². The van der Waals surface area contributed by atoms with Crippen LogP contribution in [0.15, 0.2) is 42.5 Å². The van der Waals surface area contributed by atoms with Gasteiger partial charge in [0.25, 0.3) is 0 Å². The summed E-state index contributed by atoms with van der Waals surface area (Å²) in [6.45, 7) is 6.39. The molecule has 1 radical (unpaired) electrons. The van der Waals surface area contributed by atoms with Gasteiger partial charge in [0, 0.05) is 32.7 Å². The maximum absolute atomic E-state index is 12.3. The average molecular weight is 325 g/mol.